The topological polar surface area (TPSA) is 20.3 Å². The van der Waals surface area contributed by atoms with E-state index in [0.717, 1.165) is 25.9 Å². The largest absolute Gasteiger partial charge is 0.342 e. The highest BCUT2D eigenvalue weighted by molar-refractivity contribution is 9.09. The molecule has 0 radical (unpaired) electrons. The fourth-order valence-electron chi connectivity index (χ4n) is 1.76. The van der Waals surface area contributed by atoms with Crippen molar-refractivity contribution in [3.63, 3.8) is 0 Å². The number of alkyl halides is 1. The van der Waals surface area contributed by atoms with Crippen LogP contribution in [0.5, 0.6) is 0 Å². The second-order valence-electron chi connectivity index (χ2n) is 4.53. The number of amides is 1. The normalized spacial score (nSPS) is 22.5. The van der Waals surface area contributed by atoms with Gasteiger partial charge in [0.05, 0.1) is 5.33 Å². The molecular weight excluding hydrogens is 230 g/mol. The molecule has 1 aliphatic heterocycles. The molecule has 13 heavy (non-hydrogen) atoms. The molecule has 1 heterocycles. The minimum Gasteiger partial charge on any atom is -0.342 e. The van der Waals surface area contributed by atoms with Crippen molar-refractivity contribution < 1.29 is 4.79 Å². The highest BCUT2D eigenvalue weighted by atomic mass is 79.9. The van der Waals surface area contributed by atoms with Crippen LogP contribution in [0.1, 0.15) is 33.1 Å². The summed E-state index contributed by atoms with van der Waals surface area (Å²) >= 11 is 3.21. The Bertz CT molecular complexity index is 191. The number of hydrogen-bond acceptors (Lipinski definition) is 1. The molecule has 1 amide bonds. The predicted octanol–water partition coefficient (Wildman–Crippen LogP) is 2.42. The zero-order valence-electron chi connectivity index (χ0n) is 8.48. The highest BCUT2D eigenvalue weighted by Gasteiger charge is 2.24. The summed E-state index contributed by atoms with van der Waals surface area (Å²) in [5, 5.41) is 0.466. The van der Waals surface area contributed by atoms with Gasteiger partial charge in [-0.05, 0) is 24.7 Å². The van der Waals surface area contributed by atoms with Crippen molar-refractivity contribution in [2.45, 2.75) is 33.1 Å². The van der Waals surface area contributed by atoms with E-state index in [1.54, 1.807) is 0 Å². The summed E-state index contributed by atoms with van der Waals surface area (Å²) in [5.41, 5.74) is 0.418. The maximum absolute atomic E-state index is 11.4. The molecule has 3 heteroatoms. The maximum atomic E-state index is 11.4. The molecule has 0 N–H and O–H groups in total. The Labute approximate surface area is 88.8 Å². The summed E-state index contributed by atoms with van der Waals surface area (Å²) in [6.45, 7) is 6.44. The van der Waals surface area contributed by atoms with Crippen molar-refractivity contribution in [3.05, 3.63) is 0 Å². The molecule has 76 valence electrons. The summed E-state index contributed by atoms with van der Waals surface area (Å²) in [4.78, 5) is 13.4. The Hall–Kier alpha value is -0.0500. The zero-order chi connectivity index (χ0) is 9.90. The van der Waals surface area contributed by atoms with Crippen molar-refractivity contribution >= 4 is 21.8 Å². The van der Waals surface area contributed by atoms with Gasteiger partial charge in [0.15, 0.2) is 0 Å². The smallest absolute Gasteiger partial charge is 0.233 e. The van der Waals surface area contributed by atoms with E-state index in [9.17, 15) is 4.79 Å². The van der Waals surface area contributed by atoms with Crippen molar-refractivity contribution in [1.82, 2.24) is 4.90 Å². The van der Waals surface area contributed by atoms with Gasteiger partial charge >= 0.3 is 0 Å². The number of carbonyl (C=O) groups is 1. The van der Waals surface area contributed by atoms with Gasteiger partial charge in [-0.2, -0.15) is 0 Å². The predicted molar refractivity (Wildman–Crippen MR) is 58.0 cm³/mol. The third-order valence-corrected chi connectivity index (χ3v) is 3.29. The lowest BCUT2D eigenvalue weighted by molar-refractivity contribution is -0.128. The van der Waals surface area contributed by atoms with E-state index in [2.05, 4.69) is 29.8 Å². The monoisotopic (exact) mass is 247 g/mol. The van der Waals surface area contributed by atoms with Crippen LogP contribution >= 0.6 is 15.9 Å². The lowest BCUT2D eigenvalue weighted by Crippen LogP contribution is -2.33. The van der Waals surface area contributed by atoms with Gasteiger partial charge in [0, 0.05) is 13.1 Å². The average Bonchev–Trinajstić information content (AvgIpc) is 2.25. The fraction of sp³-hybridized carbons (Fsp3) is 0.900. The molecule has 0 aliphatic carbocycles. The first-order valence-corrected chi connectivity index (χ1v) is 6.01. The van der Waals surface area contributed by atoms with Crippen molar-refractivity contribution in [2.75, 3.05) is 18.4 Å². The number of halogens is 1. The Kier molecular flexibility index (Phi) is 3.77. The Morgan fingerprint density at radius 2 is 2.08 bits per heavy atom. The van der Waals surface area contributed by atoms with Crippen LogP contribution in [0.2, 0.25) is 0 Å². The maximum Gasteiger partial charge on any atom is 0.233 e. The lowest BCUT2D eigenvalue weighted by Gasteiger charge is -2.22. The van der Waals surface area contributed by atoms with Crippen LogP contribution in [-0.4, -0.2) is 29.2 Å². The molecule has 0 aromatic rings. The van der Waals surface area contributed by atoms with E-state index < -0.39 is 0 Å². The van der Waals surface area contributed by atoms with Crippen LogP contribution in [-0.2, 0) is 4.79 Å². The van der Waals surface area contributed by atoms with Gasteiger partial charge in [-0.1, -0.05) is 29.8 Å². The Balaban J connectivity index is 2.49. The van der Waals surface area contributed by atoms with Crippen LogP contribution in [0.4, 0.5) is 0 Å². The molecule has 0 unspecified atom stereocenters. The van der Waals surface area contributed by atoms with E-state index in [1.807, 2.05) is 4.90 Å². The standard InChI is InChI=1S/C10H18BrNO/c1-10(2)4-3-6-12(7-5-10)9(13)8-11/h3-8H2,1-2H3. The lowest BCUT2D eigenvalue weighted by atomic mass is 9.85. The Morgan fingerprint density at radius 3 is 2.69 bits per heavy atom. The van der Waals surface area contributed by atoms with E-state index in [1.165, 1.54) is 6.42 Å². The number of nitrogens with zero attached hydrogens (tertiary/aromatic N) is 1. The Morgan fingerprint density at radius 1 is 1.38 bits per heavy atom. The summed E-state index contributed by atoms with van der Waals surface area (Å²) in [5.74, 6) is 0.234. The average molecular weight is 248 g/mol. The van der Waals surface area contributed by atoms with Gasteiger partial charge in [-0.25, -0.2) is 0 Å². The van der Waals surface area contributed by atoms with Crippen LogP contribution in [0.3, 0.4) is 0 Å². The summed E-state index contributed by atoms with van der Waals surface area (Å²) < 4.78 is 0. The van der Waals surface area contributed by atoms with E-state index in [4.69, 9.17) is 0 Å². The summed E-state index contributed by atoms with van der Waals surface area (Å²) in [7, 11) is 0. The molecule has 1 fully saturated rings. The second-order valence-corrected chi connectivity index (χ2v) is 5.09. The number of rotatable bonds is 1. The zero-order valence-corrected chi connectivity index (χ0v) is 10.1. The van der Waals surface area contributed by atoms with Crippen LogP contribution in [0.15, 0.2) is 0 Å². The quantitative estimate of drug-likeness (QED) is 0.652. The molecular formula is C10H18BrNO. The van der Waals surface area contributed by atoms with Crippen molar-refractivity contribution in [1.29, 1.82) is 0 Å². The van der Waals surface area contributed by atoms with E-state index >= 15 is 0 Å². The summed E-state index contributed by atoms with van der Waals surface area (Å²) in [6, 6.07) is 0. The van der Waals surface area contributed by atoms with Crippen LogP contribution in [0.25, 0.3) is 0 Å². The van der Waals surface area contributed by atoms with Crippen molar-refractivity contribution in [2.24, 2.45) is 5.41 Å². The second kappa shape index (κ2) is 4.45. The molecule has 0 saturated carbocycles. The molecule has 0 aromatic heterocycles. The first kappa shape index (κ1) is 11.0. The first-order chi connectivity index (χ1) is 6.05. The van der Waals surface area contributed by atoms with Crippen molar-refractivity contribution in [3.8, 4) is 0 Å². The van der Waals surface area contributed by atoms with Crippen LogP contribution in [0, 0.1) is 5.41 Å². The molecule has 0 atom stereocenters. The van der Waals surface area contributed by atoms with Gasteiger partial charge < -0.3 is 4.90 Å². The minimum absolute atomic E-state index is 0.234. The molecule has 1 rings (SSSR count). The fourth-order valence-corrected chi connectivity index (χ4v) is 2.11. The van der Waals surface area contributed by atoms with Gasteiger partial charge in [0.1, 0.15) is 0 Å². The van der Waals surface area contributed by atoms with Gasteiger partial charge in [0.25, 0.3) is 0 Å². The van der Waals surface area contributed by atoms with Crippen LogP contribution < -0.4 is 0 Å². The number of likely N-dealkylation sites (tertiary alicyclic amines) is 1. The van der Waals surface area contributed by atoms with Gasteiger partial charge in [-0.15, -0.1) is 0 Å². The van der Waals surface area contributed by atoms with E-state index in [0.29, 0.717) is 10.7 Å². The molecule has 2 nitrogen and oxygen atoms in total. The highest BCUT2D eigenvalue weighted by Crippen LogP contribution is 2.29. The summed E-state index contributed by atoms with van der Waals surface area (Å²) in [6.07, 6.45) is 3.51. The van der Waals surface area contributed by atoms with E-state index in [-0.39, 0.29) is 5.91 Å². The number of carbonyl (C=O) groups excluding carboxylic acids is 1. The number of hydrogen-bond donors (Lipinski definition) is 0. The molecule has 0 aromatic carbocycles. The molecule has 1 aliphatic rings. The molecule has 1 saturated heterocycles. The minimum atomic E-state index is 0.234. The molecule has 0 spiro atoms. The third kappa shape index (κ3) is 3.29. The molecule has 0 bridgehead atoms. The third-order valence-electron chi connectivity index (χ3n) is 2.81. The van der Waals surface area contributed by atoms with Gasteiger partial charge in [-0.3, -0.25) is 4.79 Å². The van der Waals surface area contributed by atoms with Gasteiger partial charge in [0.2, 0.25) is 5.91 Å². The first-order valence-electron chi connectivity index (χ1n) is 4.89. The SMILES string of the molecule is CC1(C)CCCN(C(=O)CBr)CC1.